The van der Waals surface area contributed by atoms with E-state index in [1.54, 1.807) is 39.8 Å². The molecule has 6 rings (SSSR count). The lowest BCUT2D eigenvalue weighted by molar-refractivity contribution is -0.135. The second kappa shape index (κ2) is 12.7. The number of aromatic nitrogens is 5. The SMILES string of the molecule is CC1=NC(C)N=C1n1c(=O)c(C(=O)Nc2ccc(-c3cc(C4CCN(C(=O)C(C)C)CC4)n4ncnc(N)c34)cc2)cn(C(C)C)c1=O. The summed E-state index contributed by atoms with van der Waals surface area (Å²) in [6.45, 7) is 12.2. The summed E-state index contributed by atoms with van der Waals surface area (Å²) >= 11 is 0. The number of nitrogen functional groups attached to an aromatic ring is 1. The number of likely N-dealkylation sites (tertiary alicyclic amines) is 1. The standard InChI is InChI=1S/C34H40N10O4/c1-18(2)32(46)41-13-11-23(12-14-41)27-15-25(28-29(35)36-17-37-44(27)28)22-7-9-24(10-8-22)40-31(45)26-16-42(19(3)4)34(48)43(33(26)47)30-20(5)38-21(6)39-30/h7-10,15-19,21,23H,11-14H2,1-6H3,(H,40,45)(H2,35,36,37). The van der Waals surface area contributed by atoms with Gasteiger partial charge in [0.25, 0.3) is 11.5 Å². The van der Waals surface area contributed by atoms with Gasteiger partial charge >= 0.3 is 5.69 Å². The van der Waals surface area contributed by atoms with Crippen molar-refractivity contribution in [1.82, 2.24) is 28.6 Å². The number of anilines is 2. The molecule has 0 aliphatic carbocycles. The Morgan fingerprint density at radius 3 is 2.31 bits per heavy atom. The lowest BCUT2D eigenvalue weighted by Crippen LogP contribution is -2.48. The number of nitrogens with two attached hydrogens (primary N) is 1. The number of benzene rings is 1. The summed E-state index contributed by atoms with van der Waals surface area (Å²) in [4.78, 5) is 67.7. The lowest BCUT2D eigenvalue weighted by Gasteiger charge is -2.33. The number of rotatable bonds is 6. The summed E-state index contributed by atoms with van der Waals surface area (Å²) in [5, 5.41) is 7.33. The Balaban J connectivity index is 1.29. The highest BCUT2D eigenvalue weighted by Gasteiger charge is 2.29. The number of fused-ring (bicyclic) bond motifs is 1. The Hall–Kier alpha value is -5.40. The molecule has 4 aromatic rings. The first-order valence-corrected chi connectivity index (χ1v) is 16.2. The van der Waals surface area contributed by atoms with Crippen molar-refractivity contribution in [2.45, 2.75) is 72.5 Å². The smallest absolute Gasteiger partial charge is 0.337 e. The number of aliphatic imine (C=N–C) groups is 2. The Kier molecular flexibility index (Phi) is 8.58. The number of carbonyl (C=O) groups is 2. The molecule has 2 amide bonds. The molecule has 0 radical (unpaired) electrons. The fourth-order valence-corrected chi connectivity index (χ4v) is 6.44. The van der Waals surface area contributed by atoms with Crippen molar-refractivity contribution < 1.29 is 9.59 Å². The minimum Gasteiger partial charge on any atom is -0.382 e. The molecule has 14 nitrogen and oxygen atoms in total. The van der Waals surface area contributed by atoms with Gasteiger partial charge in [-0.3, -0.25) is 23.9 Å². The molecule has 1 unspecified atom stereocenters. The Labute approximate surface area is 277 Å². The second-order valence-corrected chi connectivity index (χ2v) is 12.9. The Bertz CT molecular complexity index is 2090. The van der Waals surface area contributed by atoms with Crippen LogP contribution in [0.4, 0.5) is 11.5 Å². The fourth-order valence-electron chi connectivity index (χ4n) is 6.44. The van der Waals surface area contributed by atoms with E-state index in [2.05, 4.69) is 31.5 Å². The predicted octanol–water partition coefficient (Wildman–Crippen LogP) is 3.56. The first-order valence-electron chi connectivity index (χ1n) is 16.2. The van der Waals surface area contributed by atoms with E-state index in [9.17, 15) is 19.2 Å². The number of nitrogens with zero attached hydrogens (tertiary/aromatic N) is 8. The first-order chi connectivity index (χ1) is 22.8. The van der Waals surface area contributed by atoms with Crippen LogP contribution in [0.1, 0.15) is 82.4 Å². The summed E-state index contributed by atoms with van der Waals surface area (Å²) < 4.78 is 4.11. The molecule has 3 N–H and O–H groups in total. The fraction of sp³-hybridized carbons (Fsp3) is 0.412. The molecule has 250 valence electrons. The lowest BCUT2D eigenvalue weighted by atomic mass is 9.92. The first kappa shape index (κ1) is 32.5. The van der Waals surface area contributed by atoms with Gasteiger partial charge in [0.15, 0.2) is 11.7 Å². The average molecular weight is 653 g/mol. The van der Waals surface area contributed by atoms with Gasteiger partial charge in [0.1, 0.15) is 23.6 Å². The van der Waals surface area contributed by atoms with Gasteiger partial charge in [-0.25, -0.2) is 23.9 Å². The number of hydrogen-bond acceptors (Lipinski definition) is 9. The van der Waals surface area contributed by atoms with E-state index in [-0.39, 0.29) is 35.2 Å². The van der Waals surface area contributed by atoms with Crippen LogP contribution in [0, 0.1) is 5.92 Å². The van der Waals surface area contributed by atoms with Crippen LogP contribution in [0.3, 0.4) is 0 Å². The molecule has 1 atom stereocenters. The van der Waals surface area contributed by atoms with Crippen molar-refractivity contribution in [2.24, 2.45) is 15.9 Å². The molecule has 1 saturated heterocycles. The number of carbonyl (C=O) groups excluding carboxylic acids is 2. The molecule has 3 aromatic heterocycles. The van der Waals surface area contributed by atoms with Crippen LogP contribution < -0.4 is 22.3 Å². The number of piperidine rings is 1. The topological polar surface area (TPSA) is 174 Å². The second-order valence-electron chi connectivity index (χ2n) is 12.9. The van der Waals surface area contributed by atoms with Crippen LogP contribution in [0.25, 0.3) is 16.6 Å². The zero-order valence-corrected chi connectivity index (χ0v) is 28.0. The molecule has 5 heterocycles. The van der Waals surface area contributed by atoms with Crippen LogP contribution >= 0.6 is 0 Å². The number of amides is 2. The molecule has 14 heteroatoms. The molecular formula is C34H40N10O4. The molecular weight excluding hydrogens is 612 g/mol. The van der Waals surface area contributed by atoms with Crippen LogP contribution in [0.5, 0.6) is 0 Å². The van der Waals surface area contributed by atoms with Crippen molar-refractivity contribution in [3.8, 4) is 11.1 Å². The van der Waals surface area contributed by atoms with Crippen molar-refractivity contribution in [1.29, 1.82) is 0 Å². The Morgan fingerprint density at radius 1 is 1.02 bits per heavy atom. The monoisotopic (exact) mass is 652 g/mol. The van der Waals surface area contributed by atoms with Crippen molar-refractivity contribution >= 4 is 40.4 Å². The van der Waals surface area contributed by atoms with Gasteiger partial charge in [0.05, 0.1) is 5.71 Å². The zero-order chi connectivity index (χ0) is 34.4. The summed E-state index contributed by atoms with van der Waals surface area (Å²) in [7, 11) is 0. The molecule has 0 saturated carbocycles. The van der Waals surface area contributed by atoms with E-state index in [0.717, 1.165) is 34.2 Å². The molecule has 48 heavy (non-hydrogen) atoms. The molecule has 0 spiro atoms. The average Bonchev–Trinajstić information content (AvgIpc) is 3.61. The third kappa shape index (κ3) is 5.82. The van der Waals surface area contributed by atoms with Crippen molar-refractivity contribution in [2.75, 3.05) is 24.1 Å². The largest absolute Gasteiger partial charge is 0.382 e. The van der Waals surface area contributed by atoms with Crippen molar-refractivity contribution in [3.63, 3.8) is 0 Å². The third-order valence-electron chi connectivity index (χ3n) is 8.92. The van der Waals surface area contributed by atoms with Gasteiger partial charge < -0.3 is 16.0 Å². The van der Waals surface area contributed by atoms with Gasteiger partial charge in [0.2, 0.25) is 5.91 Å². The van der Waals surface area contributed by atoms with E-state index < -0.39 is 23.3 Å². The van der Waals surface area contributed by atoms with Gasteiger partial charge in [0, 0.05) is 54.1 Å². The van der Waals surface area contributed by atoms with Gasteiger partial charge in [-0.15, -0.1) is 0 Å². The van der Waals surface area contributed by atoms with Crippen LogP contribution in [-0.2, 0) is 4.79 Å². The summed E-state index contributed by atoms with van der Waals surface area (Å²) in [5.41, 5.74) is 9.09. The molecule has 1 fully saturated rings. The van der Waals surface area contributed by atoms with Crippen LogP contribution in [0.2, 0.25) is 0 Å². The maximum atomic E-state index is 13.6. The summed E-state index contributed by atoms with van der Waals surface area (Å²) in [5.74, 6) is 0.140. The van der Waals surface area contributed by atoms with E-state index in [1.165, 1.54) is 17.1 Å². The predicted molar refractivity (Wildman–Crippen MR) is 185 cm³/mol. The van der Waals surface area contributed by atoms with E-state index in [0.29, 0.717) is 35.8 Å². The van der Waals surface area contributed by atoms with E-state index >= 15 is 0 Å². The minimum atomic E-state index is -0.767. The minimum absolute atomic E-state index is 0.0360. The van der Waals surface area contributed by atoms with Gasteiger partial charge in [-0.1, -0.05) is 26.0 Å². The van der Waals surface area contributed by atoms with Crippen LogP contribution in [0.15, 0.2) is 62.4 Å². The molecule has 1 aromatic carbocycles. The summed E-state index contributed by atoms with van der Waals surface area (Å²) in [6, 6.07) is 8.94. The Morgan fingerprint density at radius 2 is 1.71 bits per heavy atom. The highest BCUT2D eigenvalue weighted by Crippen LogP contribution is 2.37. The maximum Gasteiger partial charge on any atom is 0.337 e. The maximum absolute atomic E-state index is 13.6. The molecule has 2 aliphatic rings. The van der Waals surface area contributed by atoms with Crippen molar-refractivity contribution in [3.05, 3.63) is 75.0 Å². The number of nitrogens with one attached hydrogen (secondary N) is 1. The normalized spacial score (nSPS) is 16.9. The van der Waals surface area contributed by atoms with Crippen LogP contribution in [-0.4, -0.2) is 71.2 Å². The van der Waals surface area contributed by atoms with E-state index in [4.69, 9.17) is 5.73 Å². The van der Waals surface area contributed by atoms with Gasteiger partial charge in [-0.05, 0) is 64.3 Å². The quantitative estimate of drug-likeness (QED) is 0.320. The van der Waals surface area contributed by atoms with E-state index in [1.807, 2.05) is 35.4 Å². The van der Waals surface area contributed by atoms with Gasteiger partial charge in [-0.2, -0.15) is 5.10 Å². The summed E-state index contributed by atoms with van der Waals surface area (Å²) in [6.07, 6.45) is 3.92. The number of hydrogen-bond donors (Lipinski definition) is 2. The zero-order valence-electron chi connectivity index (χ0n) is 28.0. The molecule has 2 aliphatic heterocycles. The highest BCUT2D eigenvalue weighted by molar-refractivity contribution is 6.42. The third-order valence-corrected chi connectivity index (χ3v) is 8.92. The highest BCUT2D eigenvalue weighted by atomic mass is 16.2. The molecule has 0 bridgehead atoms.